The minimum Gasteiger partial charge on any atom is -0.444 e. The SMILES string of the molecule is CC(C1CCC1)N1CC(CCO)CC(NC(=O)OC(C)(C)C)C1. The molecule has 2 fully saturated rings. The number of alkyl carbamates (subject to hydrolysis) is 1. The van der Waals surface area contributed by atoms with E-state index >= 15 is 0 Å². The van der Waals surface area contributed by atoms with E-state index in [1.165, 1.54) is 19.3 Å². The second kappa shape index (κ2) is 7.84. The highest BCUT2D eigenvalue weighted by Crippen LogP contribution is 2.34. The molecule has 1 saturated carbocycles. The third-order valence-electron chi connectivity index (χ3n) is 5.23. The van der Waals surface area contributed by atoms with Gasteiger partial charge < -0.3 is 15.2 Å². The number of amides is 1. The van der Waals surface area contributed by atoms with E-state index in [2.05, 4.69) is 17.1 Å². The van der Waals surface area contributed by atoms with E-state index in [1.807, 2.05) is 20.8 Å². The Morgan fingerprint density at radius 3 is 2.57 bits per heavy atom. The van der Waals surface area contributed by atoms with Crippen LogP contribution in [0.25, 0.3) is 0 Å². The van der Waals surface area contributed by atoms with Crippen LogP contribution in [0.4, 0.5) is 4.79 Å². The largest absolute Gasteiger partial charge is 0.444 e. The molecule has 1 saturated heterocycles. The van der Waals surface area contributed by atoms with E-state index in [9.17, 15) is 9.90 Å². The van der Waals surface area contributed by atoms with Crippen molar-refractivity contribution in [1.29, 1.82) is 0 Å². The standard InChI is InChI=1S/C18H34N2O3/c1-13(15-6-5-7-15)20-11-14(8-9-21)10-16(12-20)19-17(22)23-18(2,3)4/h13-16,21H,5-12H2,1-4H3,(H,19,22). The normalized spacial score (nSPS) is 28.0. The number of hydrogen-bond donors (Lipinski definition) is 2. The number of nitrogens with zero attached hydrogens (tertiary/aromatic N) is 1. The van der Waals surface area contributed by atoms with Crippen LogP contribution in [0.15, 0.2) is 0 Å². The number of hydrogen-bond acceptors (Lipinski definition) is 4. The van der Waals surface area contributed by atoms with Gasteiger partial charge >= 0.3 is 6.09 Å². The predicted molar refractivity (Wildman–Crippen MR) is 91.3 cm³/mol. The van der Waals surface area contributed by atoms with Crippen molar-refractivity contribution in [3.05, 3.63) is 0 Å². The summed E-state index contributed by atoms with van der Waals surface area (Å²) < 4.78 is 5.39. The van der Waals surface area contributed by atoms with Crippen LogP contribution < -0.4 is 5.32 Å². The van der Waals surface area contributed by atoms with Gasteiger partial charge in [0, 0.05) is 31.8 Å². The number of carbonyl (C=O) groups excluding carboxylic acids is 1. The Kier molecular flexibility index (Phi) is 6.32. The third kappa shape index (κ3) is 5.64. The van der Waals surface area contributed by atoms with Gasteiger partial charge in [-0.05, 0) is 65.2 Å². The van der Waals surface area contributed by atoms with Gasteiger partial charge in [0.2, 0.25) is 0 Å². The van der Waals surface area contributed by atoms with Crippen LogP contribution in [-0.4, -0.2) is 53.5 Å². The summed E-state index contributed by atoms with van der Waals surface area (Å²) in [6.45, 7) is 10.1. The minimum absolute atomic E-state index is 0.109. The van der Waals surface area contributed by atoms with Gasteiger partial charge in [0.15, 0.2) is 0 Å². The number of aliphatic hydroxyl groups is 1. The van der Waals surface area contributed by atoms with Gasteiger partial charge in [0.05, 0.1) is 0 Å². The number of aliphatic hydroxyl groups excluding tert-OH is 1. The first-order chi connectivity index (χ1) is 10.8. The van der Waals surface area contributed by atoms with Crippen LogP contribution in [0.3, 0.4) is 0 Å². The van der Waals surface area contributed by atoms with Gasteiger partial charge in [0.25, 0.3) is 0 Å². The van der Waals surface area contributed by atoms with Crippen LogP contribution in [0.1, 0.15) is 59.8 Å². The van der Waals surface area contributed by atoms with Gasteiger partial charge in [-0.25, -0.2) is 4.79 Å². The number of rotatable bonds is 5. The summed E-state index contributed by atoms with van der Waals surface area (Å²) in [5, 5.41) is 12.3. The van der Waals surface area contributed by atoms with Crippen molar-refractivity contribution in [2.75, 3.05) is 19.7 Å². The maximum atomic E-state index is 12.1. The fourth-order valence-electron chi connectivity index (χ4n) is 3.76. The van der Waals surface area contributed by atoms with Crippen molar-refractivity contribution in [3.8, 4) is 0 Å². The van der Waals surface area contributed by atoms with Crippen LogP contribution >= 0.6 is 0 Å². The average Bonchev–Trinajstić information content (AvgIpc) is 2.34. The van der Waals surface area contributed by atoms with Crippen LogP contribution in [-0.2, 0) is 4.74 Å². The quantitative estimate of drug-likeness (QED) is 0.815. The highest BCUT2D eigenvalue weighted by Gasteiger charge is 2.35. The summed E-state index contributed by atoms with van der Waals surface area (Å²) in [6, 6.07) is 0.672. The lowest BCUT2D eigenvalue weighted by atomic mass is 9.78. The summed E-state index contributed by atoms with van der Waals surface area (Å²) in [7, 11) is 0. The number of piperidine rings is 1. The van der Waals surface area contributed by atoms with E-state index in [1.54, 1.807) is 0 Å². The van der Waals surface area contributed by atoms with Gasteiger partial charge in [-0.15, -0.1) is 0 Å². The average molecular weight is 326 g/mol. The maximum absolute atomic E-state index is 12.1. The third-order valence-corrected chi connectivity index (χ3v) is 5.23. The predicted octanol–water partition coefficient (Wildman–Crippen LogP) is 2.77. The second-order valence-corrected chi connectivity index (χ2v) is 8.34. The molecule has 5 nitrogen and oxygen atoms in total. The van der Waals surface area contributed by atoms with Crippen molar-refractivity contribution in [2.45, 2.75) is 77.5 Å². The number of nitrogens with one attached hydrogen (secondary N) is 1. The zero-order valence-electron chi connectivity index (χ0n) is 15.2. The lowest BCUT2D eigenvalue weighted by Crippen LogP contribution is -2.55. The molecule has 1 heterocycles. The van der Waals surface area contributed by atoms with Crippen LogP contribution in [0.5, 0.6) is 0 Å². The van der Waals surface area contributed by atoms with Crippen molar-refractivity contribution in [2.24, 2.45) is 11.8 Å². The minimum atomic E-state index is -0.470. The molecule has 0 radical (unpaired) electrons. The molecule has 5 heteroatoms. The molecule has 0 aromatic carbocycles. The molecule has 1 aliphatic carbocycles. The Morgan fingerprint density at radius 2 is 2.04 bits per heavy atom. The molecule has 0 aromatic rings. The summed E-state index contributed by atoms with van der Waals surface area (Å²) in [4.78, 5) is 14.6. The fourth-order valence-corrected chi connectivity index (χ4v) is 3.76. The van der Waals surface area contributed by atoms with E-state index in [4.69, 9.17) is 4.74 Å². The summed E-state index contributed by atoms with van der Waals surface area (Å²) in [5.74, 6) is 1.24. The van der Waals surface area contributed by atoms with Gasteiger partial charge in [-0.1, -0.05) is 6.42 Å². The topological polar surface area (TPSA) is 61.8 Å². The summed E-state index contributed by atoms with van der Waals surface area (Å²) >= 11 is 0. The molecule has 1 aliphatic heterocycles. The number of likely N-dealkylation sites (tertiary alicyclic amines) is 1. The molecule has 1 amide bonds. The zero-order valence-corrected chi connectivity index (χ0v) is 15.2. The molecule has 0 spiro atoms. The first kappa shape index (κ1) is 18.5. The van der Waals surface area contributed by atoms with Crippen molar-refractivity contribution in [3.63, 3.8) is 0 Å². The van der Waals surface area contributed by atoms with E-state index in [-0.39, 0.29) is 18.7 Å². The number of carbonyl (C=O) groups is 1. The van der Waals surface area contributed by atoms with Crippen molar-refractivity contribution in [1.82, 2.24) is 10.2 Å². The van der Waals surface area contributed by atoms with Gasteiger partial charge in [0.1, 0.15) is 5.60 Å². The summed E-state index contributed by atoms with van der Waals surface area (Å²) in [6.07, 6.45) is 5.40. The Balaban J connectivity index is 1.93. The number of ether oxygens (including phenoxy) is 1. The highest BCUT2D eigenvalue weighted by molar-refractivity contribution is 5.68. The lowest BCUT2D eigenvalue weighted by molar-refractivity contribution is 0.0286. The Morgan fingerprint density at radius 1 is 1.35 bits per heavy atom. The maximum Gasteiger partial charge on any atom is 0.407 e. The molecule has 0 bridgehead atoms. The lowest BCUT2D eigenvalue weighted by Gasteiger charge is -2.45. The summed E-state index contributed by atoms with van der Waals surface area (Å²) in [5.41, 5.74) is -0.470. The molecule has 23 heavy (non-hydrogen) atoms. The molecule has 3 atom stereocenters. The van der Waals surface area contributed by atoms with E-state index < -0.39 is 5.60 Å². The molecule has 2 N–H and O–H groups in total. The first-order valence-corrected chi connectivity index (χ1v) is 9.13. The second-order valence-electron chi connectivity index (χ2n) is 8.34. The molecule has 3 unspecified atom stereocenters. The highest BCUT2D eigenvalue weighted by atomic mass is 16.6. The zero-order chi connectivity index (χ0) is 17.0. The monoisotopic (exact) mass is 326 g/mol. The smallest absolute Gasteiger partial charge is 0.407 e. The Labute approximate surface area is 140 Å². The Bertz CT molecular complexity index is 390. The Hall–Kier alpha value is -0.810. The van der Waals surface area contributed by atoms with Crippen LogP contribution in [0, 0.1) is 11.8 Å². The molecule has 134 valence electrons. The molecular weight excluding hydrogens is 292 g/mol. The van der Waals surface area contributed by atoms with Crippen molar-refractivity contribution >= 4 is 6.09 Å². The first-order valence-electron chi connectivity index (χ1n) is 9.13. The van der Waals surface area contributed by atoms with Crippen LogP contribution in [0.2, 0.25) is 0 Å². The fraction of sp³-hybridized carbons (Fsp3) is 0.944. The van der Waals surface area contributed by atoms with E-state index in [0.29, 0.717) is 12.0 Å². The molecule has 0 aromatic heterocycles. The molecular formula is C18H34N2O3. The van der Waals surface area contributed by atoms with Gasteiger partial charge in [-0.2, -0.15) is 0 Å². The molecule has 2 aliphatic rings. The molecule has 2 rings (SSSR count). The van der Waals surface area contributed by atoms with Crippen molar-refractivity contribution < 1.29 is 14.6 Å². The van der Waals surface area contributed by atoms with Gasteiger partial charge in [-0.3, -0.25) is 4.90 Å². The van der Waals surface area contributed by atoms with E-state index in [0.717, 1.165) is 31.8 Å².